The highest BCUT2D eigenvalue weighted by molar-refractivity contribution is 6.77. The minimum Gasteiger partial charge on any atom is -0.412 e. The van der Waals surface area contributed by atoms with Crippen molar-refractivity contribution in [1.82, 2.24) is 0 Å². The lowest BCUT2D eigenvalue weighted by Gasteiger charge is -2.42. The lowest BCUT2D eigenvalue weighted by Crippen LogP contribution is -2.47. The van der Waals surface area contributed by atoms with E-state index in [-0.39, 0.29) is 6.29 Å². The molecule has 1 aromatic rings. The van der Waals surface area contributed by atoms with Crippen molar-refractivity contribution in [2.24, 2.45) is 0 Å². The normalized spacial score (nSPS) is 12.8. The van der Waals surface area contributed by atoms with Crippen molar-refractivity contribution in [2.45, 2.75) is 83.9 Å². The second-order valence-corrected chi connectivity index (χ2v) is 13.3. The van der Waals surface area contributed by atoms with Crippen molar-refractivity contribution in [3.63, 3.8) is 0 Å². The van der Waals surface area contributed by atoms with Crippen LogP contribution in [0.15, 0.2) is 24.3 Å². The Morgan fingerprint density at radius 1 is 0.760 bits per heavy atom. The summed E-state index contributed by atoms with van der Waals surface area (Å²) < 4.78 is 17.2. The summed E-state index contributed by atoms with van der Waals surface area (Å²) >= 11 is 0. The number of methoxy groups -OCH3 is 2. The molecule has 144 valence electrons. The fraction of sp³-hybridized carbons (Fsp3) is 0.714. The SMILES string of the molecule is COC(CCc1ccc(CO[Si](C(C)C)(C(C)C)C(C)C)cc1)OC. The molecule has 0 fully saturated rings. The van der Waals surface area contributed by atoms with Gasteiger partial charge in [-0.1, -0.05) is 65.8 Å². The van der Waals surface area contributed by atoms with Crippen LogP contribution in [0.4, 0.5) is 0 Å². The predicted molar refractivity (Wildman–Crippen MR) is 108 cm³/mol. The van der Waals surface area contributed by atoms with E-state index in [1.807, 2.05) is 0 Å². The summed E-state index contributed by atoms with van der Waals surface area (Å²) in [4.78, 5) is 0. The van der Waals surface area contributed by atoms with Crippen LogP contribution in [0, 0.1) is 0 Å². The first-order valence-electron chi connectivity index (χ1n) is 9.55. The van der Waals surface area contributed by atoms with Crippen molar-refractivity contribution in [2.75, 3.05) is 14.2 Å². The summed E-state index contributed by atoms with van der Waals surface area (Å²) in [5.41, 5.74) is 4.42. The van der Waals surface area contributed by atoms with E-state index in [0.717, 1.165) is 19.4 Å². The Hall–Kier alpha value is -0.683. The van der Waals surface area contributed by atoms with Crippen molar-refractivity contribution in [3.05, 3.63) is 35.4 Å². The average molecular weight is 367 g/mol. The van der Waals surface area contributed by atoms with E-state index in [2.05, 4.69) is 65.8 Å². The van der Waals surface area contributed by atoms with E-state index in [0.29, 0.717) is 16.6 Å². The highest BCUT2D eigenvalue weighted by Gasteiger charge is 2.44. The van der Waals surface area contributed by atoms with Gasteiger partial charge >= 0.3 is 0 Å². The number of ether oxygens (including phenoxy) is 2. The maximum absolute atomic E-state index is 6.67. The average Bonchev–Trinajstić information content (AvgIpc) is 2.56. The van der Waals surface area contributed by atoms with Crippen LogP contribution in [0.1, 0.15) is 59.1 Å². The van der Waals surface area contributed by atoms with Crippen LogP contribution in [0.5, 0.6) is 0 Å². The molecule has 0 amide bonds. The molecule has 0 aromatic heterocycles. The van der Waals surface area contributed by atoms with Crippen LogP contribution in [0.25, 0.3) is 0 Å². The first kappa shape index (κ1) is 22.4. The Morgan fingerprint density at radius 2 is 1.20 bits per heavy atom. The monoisotopic (exact) mass is 366 g/mol. The zero-order valence-electron chi connectivity index (χ0n) is 17.5. The standard InChI is InChI=1S/C21H38O3Si/c1-16(2)25(17(3)4,18(5)6)24-15-20-11-9-19(10-12-20)13-14-21(22-7)23-8/h9-12,16-18,21H,13-15H2,1-8H3. The molecule has 0 radical (unpaired) electrons. The molecule has 25 heavy (non-hydrogen) atoms. The summed E-state index contributed by atoms with van der Waals surface area (Å²) in [5.74, 6) is 0. The third-order valence-electron chi connectivity index (χ3n) is 5.41. The van der Waals surface area contributed by atoms with E-state index in [1.54, 1.807) is 14.2 Å². The fourth-order valence-corrected chi connectivity index (χ4v) is 9.54. The van der Waals surface area contributed by atoms with Crippen LogP contribution in [-0.4, -0.2) is 28.8 Å². The molecule has 0 saturated heterocycles. The Morgan fingerprint density at radius 3 is 1.60 bits per heavy atom. The molecule has 0 unspecified atom stereocenters. The molecular formula is C21H38O3Si. The molecule has 0 aliphatic heterocycles. The second kappa shape index (κ2) is 10.5. The van der Waals surface area contributed by atoms with Gasteiger partial charge in [0.15, 0.2) is 6.29 Å². The van der Waals surface area contributed by atoms with Crippen molar-refractivity contribution in [1.29, 1.82) is 0 Å². The number of benzene rings is 1. The Bertz CT molecular complexity index is 457. The van der Waals surface area contributed by atoms with Gasteiger partial charge in [0.05, 0.1) is 6.61 Å². The molecular weight excluding hydrogens is 328 g/mol. The Labute approximate surface area is 156 Å². The molecule has 1 rings (SSSR count). The Kier molecular flexibility index (Phi) is 9.36. The summed E-state index contributed by atoms with van der Waals surface area (Å²) in [6.45, 7) is 14.7. The van der Waals surface area contributed by atoms with Gasteiger partial charge in [-0.15, -0.1) is 0 Å². The summed E-state index contributed by atoms with van der Waals surface area (Å²) in [7, 11) is 1.57. The minimum absolute atomic E-state index is 0.127. The number of aryl methyl sites for hydroxylation is 1. The maximum Gasteiger partial charge on any atom is 0.200 e. The van der Waals surface area contributed by atoms with Gasteiger partial charge in [0, 0.05) is 20.6 Å². The molecule has 0 atom stereocenters. The third-order valence-corrected chi connectivity index (χ3v) is 11.5. The molecule has 0 bridgehead atoms. The van der Waals surface area contributed by atoms with E-state index in [9.17, 15) is 0 Å². The van der Waals surface area contributed by atoms with Gasteiger partial charge in [0.1, 0.15) is 0 Å². The Balaban J connectivity index is 2.71. The van der Waals surface area contributed by atoms with Gasteiger partial charge in [-0.3, -0.25) is 0 Å². The van der Waals surface area contributed by atoms with Gasteiger partial charge < -0.3 is 13.9 Å². The minimum atomic E-state index is -1.80. The summed E-state index contributed by atoms with van der Waals surface area (Å²) in [6, 6.07) is 8.79. The highest BCUT2D eigenvalue weighted by atomic mass is 28.4. The van der Waals surface area contributed by atoms with Crippen LogP contribution in [0.2, 0.25) is 16.6 Å². The third kappa shape index (κ3) is 5.92. The van der Waals surface area contributed by atoms with E-state index in [1.165, 1.54) is 11.1 Å². The van der Waals surface area contributed by atoms with Gasteiger partial charge in [-0.05, 0) is 34.2 Å². The lowest BCUT2D eigenvalue weighted by molar-refractivity contribution is -0.105. The van der Waals surface area contributed by atoms with Gasteiger partial charge in [0.2, 0.25) is 8.32 Å². The first-order chi connectivity index (χ1) is 11.8. The van der Waals surface area contributed by atoms with E-state index >= 15 is 0 Å². The molecule has 3 nitrogen and oxygen atoms in total. The molecule has 0 aliphatic rings. The van der Waals surface area contributed by atoms with Crippen LogP contribution >= 0.6 is 0 Å². The van der Waals surface area contributed by atoms with Crippen molar-refractivity contribution in [3.8, 4) is 0 Å². The quantitative estimate of drug-likeness (QED) is 0.359. The predicted octanol–water partition coefficient (Wildman–Crippen LogP) is 5.93. The summed E-state index contributed by atoms with van der Waals surface area (Å²) in [6.07, 6.45) is 1.70. The highest BCUT2D eigenvalue weighted by Crippen LogP contribution is 2.42. The molecule has 0 N–H and O–H groups in total. The molecule has 1 aromatic carbocycles. The molecule has 4 heteroatoms. The smallest absolute Gasteiger partial charge is 0.200 e. The fourth-order valence-electron chi connectivity index (χ4n) is 4.13. The van der Waals surface area contributed by atoms with E-state index in [4.69, 9.17) is 13.9 Å². The van der Waals surface area contributed by atoms with E-state index < -0.39 is 8.32 Å². The van der Waals surface area contributed by atoms with Gasteiger partial charge in [0.25, 0.3) is 0 Å². The zero-order chi connectivity index (χ0) is 19.0. The molecule has 0 saturated carbocycles. The first-order valence-corrected chi connectivity index (χ1v) is 11.7. The van der Waals surface area contributed by atoms with Crippen LogP contribution in [0.3, 0.4) is 0 Å². The number of hydrogen-bond acceptors (Lipinski definition) is 3. The molecule has 0 aliphatic carbocycles. The van der Waals surface area contributed by atoms with Crippen LogP contribution in [-0.2, 0) is 26.9 Å². The van der Waals surface area contributed by atoms with Crippen LogP contribution < -0.4 is 0 Å². The largest absolute Gasteiger partial charge is 0.412 e. The maximum atomic E-state index is 6.67. The summed E-state index contributed by atoms with van der Waals surface area (Å²) in [5, 5.41) is 0. The molecule has 0 heterocycles. The second-order valence-electron chi connectivity index (χ2n) is 7.86. The van der Waals surface area contributed by atoms with Gasteiger partial charge in [-0.25, -0.2) is 0 Å². The van der Waals surface area contributed by atoms with Crippen molar-refractivity contribution < 1.29 is 13.9 Å². The number of hydrogen-bond donors (Lipinski definition) is 0. The zero-order valence-corrected chi connectivity index (χ0v) is 18.5. The topological polar surface area (TPSA) is 27.7 Å². The number of rotatable bonds is 11. The lowest BCUT2D eigenvalue weighted by atomic mass is 10.1. The molecule has 0 spiro atoms. The van der Waals surface area contributed by atoms with Crippen molar-refractivity contribution >= 4 is 8.32 Å². The van der Waals surface area contributed by atoms with Gasteiger partial charge in [-0.2, -0.15) is 0 Å².